The molecule has 9 heteroatoms. The first kappa shape index (κ1) is 18.8. The lowest BCUT2D eigenvalue weighted by atomic mass is 10.2. The molecule has 0 aliphatic carbocycles. The lowest BCUT2D eigenvalue weighted by molar-refractivity contribution is 0.0635. The number of carbonyl (C=O) groups excluding carboxylic acids is 1. The quantitative estimate of drug-likeness (QED) is 0.438. The first-order valence-electron chi connectivity index (χ1n) is 7.52. The Hall–Kier alpha value is -2.52. The molecule has 0 aliphatic rings. The molecule has 0 unspecified atom stereocenters. The second-order valence-electron chi connectivity index (χ2n) is 6.28. The third-order valence-electron chi connectivity index (χ3n) is 2.96. The zero-order valence-corrected chi connectivity index (χ0v) is 15.0. The molecule has 0 radical (unpaired) electrons. The number of anilines is 1. The molecule has 2 aromatic rings. The van der Waals surface area contributed by atoms with Crippen molar-refractivity contribution in [3.8, 4) is 5.69 Å². The van der Waals surface area contributed by atoms with Crippen molar-refractivity contribution in [2.45, 2.75) is 32.8 Å². The molecule has 2 rings (SSSR count). The maximum atomic E-state index is 13.2. The minimum absolute atomic E-state index is 0.295. The zero-order chi connectivity index (χ0) is 18.6. The van der Waals surface area contributed by atoms with Crippen LogP contribution in [0.5, 0.6) is 0 Å². The number of hydrogen-bond acceptors (Lipinski definition) is 5. The van der Waals surface area contributed by atoms with Crippen molar-refractivity contribution in [1.29, 1.82) is 0 Å². The highest BCUT2D eigenvalue weighted by Crippen LogP contribution is 2.19. The van der Waals surface area contributed by atoms with Crippen molar-refractivity contribution in [1.82, 2.24) is 15.2 Å². The molecule has 0 aliphatic heterocycles. The topological polar surface area (TPSA) is 94.2 Å². The molecular formula is C16H20FN5O2S. The molecule has 1 amide bonds. The molecule has 1 aromatic carbocycles. The number of thiocarbonyl (C=S) groups is 1. The van der Waals surface area contributed by atoms with Gasteiger partial charge in [0.2, 0.25) is 0 Å². The Morgan fingerprint density at radius 1 is 1.36 bits per heavy atom. The number of hydrogen-bond donors (Lipinski definition) is 3. The Kier molecular flexibility index (Phi) is 5.70. The highest BCUT2D eigenvalue weighted by atomic mass is 32.1. The van der Waals surface area contributed by atoms with E-state index < -0.39 is 11.7 Å². The molecule has 0 bridgehead atoms. The molecule has 0 saturated heterocycles. The maximum Gasteiger partial charge on any atom is 0.413 e. The van der Waals surface area contributed by atoms with Gasteiger partial charge in [0.25, 0.3) is 0 Å². The second-order valence-corrected chi connectivity index (χ2v) is 6.77. The van der Waals surface area contributed by atoms with Gasteiger partial charge in [-0.3, -0.25) is 11.2 Å². The van der Waals surface area contributed by atoms with Crippen molar-refractivity contribution in [2.24, 2.45) is 5.84 Å². The first-order chi connectivity index (χ1) is 11.7. The summed E-state index contributed by atoms with van der Waals surface area (Å²) in [5.41, 5.74) is 2.90. The number of benzene rings is 1. The van der Waals surface area contributed by atoms with E-state index in [1.54, 1.807) is 39.0 Å². The number of hydrazine groups is 1. The van der Waals surface area contributed by atoms with E-state index in [9.17, 15) is 9.18 Å². The predicted molar refractivity (Wildman–Crippen MR) is 97.0 cm³/mol. The predicted octanol–water partition coefficient (Wildman–Crippen LogP) is 2.69. The van der Waals surface area contributed by atoms with Crippen molar-refractivity contribution in [3.63, 3.8) is 0 Å². The summed E-state index contributed by atoms with van der Waals surface area (Å²) in [6, 6.07) is 7.36. The van der Waals surface area contributed by atoms with Crippen LogP contribution in [0.25, 0.3) is 5.69 Å². The van der Waals surface area contributed by atoms with Gasteiger partial charge in [0.1, 0.15) is 17.2 Å². The summed E-state index contributed by atoms with van der Waals surface area (Å²) in [6.07, 6.45) is -0.329. The molecule has 0 fully saturated rings. The van der Waals surface area contributed by atoms with E-state index in [1.807, 2.05) is 0 Å². The number of nitrogens with zero attached hydrogens (tertiary/aromatic N) is 2. The number of halogens is 1. The van der Waals surface area contributed by atoms with Crippen LogP contribution in [0.1, 0.15) is 26.5 Å². The van der Waals surface area contributed by atoms with Crippen LogP contribution in [0.4, 0.5) is 15.0 Å². The summed E-state index contributed by atoms with van der Waals surface area (Å²) in [6.45, 7) is 5.29. The summed E-state index contributed by atoms with van der Waals surface area (Å²) in [5, 5.41) is 7.03. The number of ether oxygens (including phenoxy) is 1. The maximum absolute atomic E-state index is 13.2. The number of carbonyl (C=O) groups is 1. The Morgan fingerprint density at radius 2 is 2.00 bits per heavy atom. The van der Waals surface area contributed by atoms with Crippen LogP contribution in [0.3, 0.4) is 0 Å². The fourth-order valence-corrected chi connectivity index (χ4v) is 2.16. The fraction of sp³-hybridized carbons (Fsp3) is 0.312. The highest BCUT2D eigenvalue weighted by Gasteiger charge is 2.19. The molecule has 1 heterocycles. The van der Waals surface area contributed by atoms with Crippen LogP contribution >= 0.6 is 12.2 Å². The summed E-state index contributed by atoms with van der Waals surface area (Å²) in [7, 11) is 0. The molecule has 0 atom stereocenters. The van der Waals surface area contributed by atoms with Gasteiger partial charge in [-0.15, -0.1) is 0 Å². The lowest BCUT2D eigenvalue weighted by Gasteiger charge is -2.19. The van der Waals surface area contributed by atoms with Gasteiger partial charge in [0, 0.05) is 12.5 Å². The van der Waals surface area contributed by atoms with Gasteiger partial charge in [0.15, 0.2) is 0 Å². The summed E-state index contributed by atoms with van der Waals surface area (Å²) < 4.78 is 19.9. The Labute approximate surface area is 150 Å². The van der Waals surface area contributed by atoms with E-state index in [1.165, 1.54) is 16.8 Å². The van der Waals surface area contributed by atoms with Crippen molar-refractivity contribution in [2.75, 3.05) is 5.32 Å². The average molecular weight is 365 g/mol. The monoisotopic (exact) mass is 365 g/mol. The molecule has 4 N–H and O–H groups in total. The molecule has 134 valence electrons. The summed E-state index contributed by atoms with van der Waals surface area (Å²) >= 11 is 5.04. The van der Waals surface area contributed by atoms with Crippen LogP contribution in [0.2, 0.25) is 0 Å². The van der Waals surface area contributed by atoms with Crippen molar-refractivity contribution in [3.05, 3.63) is 41.8 Å². The average Bonchev–Trinajstić information content (AvgIpc) is 2.88. The van der Waals surface area contributed by atoms with Crippen LogP contribution in [-0.2, 0) is 11.2 Å². The molecule has 0 spiro atoms. The van der Waals surface area contributed by atoms with Gasteiger partial charge in [-0.25, -0.2) is 13.9 Å². The number of nitrogens with one attached hydrogen (secondary N) is 2. The third-order valence-corrected chi connectivity index (χ3v) is 3.23. The minimum Gasteiger partial charge on any atom is -0.444 e. The number of nitrogens with two attached hydrogens (primary N) is 1. The molecule has 25 heavy (non-hydrogen) atoms. The van der Waals surface area contributed by atoms with Gasteiger partial charge < -0.3 is 10.2 Å². The Balaban J connectivity index is 2.33. The Bertz CT molecular complexity index is 768. The van der Waals surface area contributed by atoms with Crippen molar-refractivity contribution < 1.29 is 13.9 Å². The largest absolute Gasteiger partial charge is 0.444 e. The number of aromatic nitrogens is 2. The normalized spacial score (nSPS) is 11.1. The lowest BCUT2D eigenvalue weighted by Crippen LogP contribution is -2.29. The first-order valence-corrected chi connectivity index (χ1v) is 7.93. The van der Waals surface area contributed by atoms with Gasteiger partial charge in [-0.1, -0.05) is 12.2 Å². The Morgan fingerprint density at radius 3 is 2.56 bits per heavy atom. The van der Waals surface area contributed by atoms with Crippen molar-refractivity contribution >= 4 is 29.1 Å². The van der Waals surface area contributed by atoms with Crippen LogP contribution in [0, 0.1) is 5.82 Å². The molecule has 1 aromatic heterocycles. The van der Waals surface area contributed by atoms with E-state index >= 15 is 0 Å². The standard InChI is InChI=1S/C16H20FN5O2S/c1-16(2,3)24-15(23)19-13-8-11(9-14(25)20-18)21-22(13)12-6-4-10(17)5-7-12/h4-8H,9,18H2,1-3H3,(H,19,23)(H,20,25). The second kappa shape index (κ2) is 7.58. The fourth-order valence-electron chi connectivity index (χ4n) is 2.01. The van der Waals surface area contributed by atoms with E-state index in [4.69, 9.17) is 22.8 Å². The molecular weight excluding hydrogens is 345 g/mol. The zero-order valence-electron chi connectivity index (χ0n) is 14.2. The van der Waals surface area contributed by atoms with Gasteiger partial charge in [0.05, 0.1) is 16.4 Å². The minimum atomic E-state index is -0.640. The van der Waals surface area contributed by atoms with E-state index in [-0.39, 0.29) is 5.82 Å². The van der Waals surface area contributed by atoms with Gasteiger partial charge in [-0.05, 0) is 45.0 Å². The highest BCUT2D eigenvalue weighted by molar-refractivity contribution is 7.80. The smallest absolute Gasteiger partial charge is 0.413 e. The number of rotatable bonds is 4. The van der Waals surface area contributed by atoms with Gasteiger partial charge in [-0.2, -0.15) is 5.10 Å². The van der Waals surface area contributed by atoms with Crippen LogP contribution in [-0.4, -0.2) is 26.5 Å². The van der Waals surface area contributed by atoms with Crippen LogP contribution < -0.4 is 16.6 Å². The summed E-state index contributed by atoms with van der Waals surface area (Å²) in [4.78, 5) is 12.5. The third kappa shape index (κ3) is 5.50. The number of amides is 1. The molecule has 7 nitrogen and oxygen atoms in total. The van der Waals surface area contributed by atoms with E-state index in [0.717, 1.165) is 0 Å². The van der Waals surface area contributed by atoms with E-state index in [2.05, 4.69) is 15.8 Å². The van der Waals surface area contributed by atoms with Gasteiger partial charge >= 0.3 is 6.09 Å². The van der Waals surface area contributed by atoms with E-state index in [0.29, 0.717) is 28.6 Å². The summed E-state index contributed by atoms with van der Waals surface area (Å²) in [5.74, 6) is 5.29. The van der Waals surface area contributed by atoms with Crippen LogP contribution in [0.15, 0.2) is 30.3 Å². The SMILES string of the molecule is CC(C)(C)OC(=O)Nc1cc(CC(=S)NN)nn1-c1ccc(F)cc1. The molecule has 0 saturated carbocycles.